The van der Waals surface area contributed by atoms with Crippen LogP contribution in [-0.4, -0.2) is 83.9 Å². The van der Waals surface area contributed by atoms with Crippen molar-refractivity contribution in [3.63, 3.8) is 0 Å². The zero-order valence-corrected chi connectivity index (χ0v) is 22.0. The highest BCUT2D eigenvalue weighted by Gasteiger charge is 2.50. The highest BCUT2D eigenvalue weighted by Crippen LogP contribution is 2.47. The number of ether oxygens (including phenoxy) is 1. The number of β-amino-alcohol motifs (C(OH)–C–C–N with tert-alkyl or cyclic N) is 1. The molecule has 2 aromatic rings. The van der Waals surface area contributed by atoms with Gasteiger partial charge < -0.3 is 25.0 Å². The SMILES string of the molecule is CC(C)(O)CN1CCN(c2cc(F)c3c(c2)C(=O)OC32CCN(c3nc4c(c(=O)[nH]3)CCCN4)CC2)CC1. The van der Waals surface area contributed by atoms with Crippen molar-refractivity contribution in [3.8, 4) is 0 Å². The van der Waals surface area contributed by atoms with Crippen molar-refractivity contribution in [1.82, 2.24) is 14.9 Å². The third-order valence-electron chi connectivity index (χ3n) is 8.16. The smallest absolute Gasteiger partial charge is 0.339 e. The molecule has 0 bridgehead atoms. The number of piperidine rings is 1. The molecule has 5 heterocycles. The molecule has 0 amide bonds. The first-order chi connectivity index (χ1) is 18.1. The second-order valence-electron chi connectivity index (χ2n) is 11.5. The number of carbonyl (C=O) groups is 1. The number of anilines is 3. The molecule has 4 aliphatic heterocycles. The first kappa shape index (κ1) is 25.1. The van der Waals surface area contributed by atoms with E-state index in [0.717, 1.165) is 26.1 Å². The van der Waals surface area contributed by atoms with E-state index in [1.54, 1.807) is 19.9 Å². The number of rotatable bonds is 4. The predicted octanol–water partition coefficient (Wildman–Crippen LogP) is 1.83. The van der Waals surface area contributed by atoms with Crippen molar-refractivity contribution in [2.24, 2.45) is 0 Å². The van der Waals surface area contributed by atoms with Gasteiger partial charge in [-0.2, -0.15) is 4.98 Å². The average Bonchev–Trinajstić information content (AvgIpc) is 3.15. The highest BCUT2D eigenvalue weighted by atomic mass is 19.1. The van der Waals surface area contributed by atoms with Gasteiger partial charge in [-0.05, 0) is 38.8 Å². The summed E-state index contributed by atoms with van der Waals surface area (Å²) < 4.78 is 21.6. The molecule has 11 heteroatoms. The molecular weight excluding hydrogens is 491 g/mol. The molecule has 0 saturated carbocycles. The van der Waals surface area contributed by atoms with Crippen LogP contribution in [0.2, 0.25) is 0 Å². The number of nitrogens with zero attached hydrogens (tertiary/aromatic N) is 4. The lowest BCUT2D eigenvalue weighted by Crippen LogP contribution is -2.50. The van der Waals surface area contributed by atoms with Gasteiger partial charge in [-0.15, -0.1) is 0 Å². The molecule has 0 unspecified atom stereocenters. The molecule has 2 fully saturated rings. The Hall–Kier alpha value is -3.18. The van der Waals surface area contributed by atoms with Crippen LogP contribution in [0.5, 0.6) is 0 Å². The maximum atomic E-state index is 15.7. The van der Waals surface area contributed by atoms with Crippen LogP contribution < -0.4 is 20.7 Å². The van der Waals surface area contributed by atoms with Crippen LogP contribution in [0.1, 0.15) is 54.6 Å². The van der Waals surface area contributed by atoms with Crippen LogP contribution in [0.25, 0.3) is 0 Å². The standard InChI is InChI=1S/C27H35FN6O4/c1-26(2,37)16-32-10-12-33(13-11-32)17-14-19-21(20(28)15-17)27(38-24(19)36)5-8-34(9-6-27)25-30-22-18(23(35)31-25)4-3-7-29-22/h14-15,37H,3-13,16H2,1-2H3,(H2,29,30,31,35). The zero-order chi connectivity index (χ0) is 26.7. The number of hydrogen-bond acceptors (Lipinski definition) is 9. The Morgan fingerprint density at radius 2 is 1.84 bits per heavy atom. The molecule has 1 aromatic carbocycles. The number of benzene rings is 1. The Bertz CT molecular complexity index is 1310. The molecule has 6 rings (SSSR count). The Morgan fingerprint density at radius 3 is 2.55 bits per heavy atom. The van der Waals surface area contributed by atoms with E-state index in [1.807, 2.05) is 4.90 Å². The van der Waals surface area contributed by atoms with Crippen LogP contribution in [0.3, 0.4) is 0 Å². The number of fused-ring (bicyclic) bond motifs is 3. The van der Waals surface area contributed by atoms with Crippen LogP contribution in [0.15, 0.2) is 16.9 Å². The van der Waals surface area contributed by atoms with Gasteiger partial charge in [0.05, 0.1) is 16.7 Å². The molecule has 204 valence electrons. The summed E-state index contributed by atoms with van der Waals surface area (Å²) in [5, 5.41) is 13.3. The second-order valence-corrected chi connectivity index (χ2v) is 11.5. The fourth-order valence-electron chi connectivity index (χ4n) is 6.31. The van der Waals surface area contributed by atoms with Crippen molar-refractivity contribution in [2.75, 3.05) is 67.5 Å². The topological polar surface area (TPSA) is 114 Å². The van der Waals surface area contributed by atoms with E-state index in [2.05, 4.69) is 25.1 Å². The molecule has 3 N–H and O–H groups in total. The van der Waals surface area contributed by atoms with E-state index < -0.39 is 23.0 Å². The molecule has 10 nitrogen and oxygen atoms in total. The fraction of sp³-hybridized carbons (Fsp3) is 0.593. The summed E-state index contributed by atoms with van der Waals surface area (Å²) in [6.07, 6.45) is 2.43. The molecule has 0 atom stereocenters. The summed E-state index contributed by atoms with van der Waals surface area (Å²) in [7, 11) is 0. The van der Waals surface area contributed by atoms with E-state index in [1.165, 1.54) is 6.07 Å². The Morgan fingerprint density at radius 1 is 1.11 bits per heavy atom. The van der Waals surface area contributed by atoms with Crippen LogP contribution >= 0.6 is 0 Å². The minimum absolute atomic E-state index is 0.130. The summed E-state index contributed by atoms with van der Waals surface area (Å²) in [5.41, 5.74) is 0.107. The van der Waals surface area contributed by atoms with Gasteiger partial charge in [0, 0.05) is 76.5 Å². The number of esters is 1. The van der Waals surface area contributed by atoms with Gasteiger partial charge in [0.2, 0.25) is 5.95 Å². The normalized spacial score (nSPS) is 21.2. The molecule has 4 aliphatic rings. The lowest BCUT2D eigenvalue weighted by molar-refractivity contribution is -0.0225. The zero-order valence-electron chi connectivity index (χ0n) is 22.0. The number of aromatic amines is 1. The summed E-state index contributed by atoms with van der Waals surface area (Å²) in [4.78, 5) is 39.3. The molecule has 0 aliphatic carbocycles. The first-order valence-electron chi connectivity index (χ1n) is 13.5. The van der Waals surface area contributed by atoms with E-state index in [9.17, 15) is 14.7 Å². The Kier molecular flexibility index (Phi) is 6.10. The Balaban J connectivity index is 1.18. The summed E-state index contributed by atoms with van der Waals surface area (Å²) in [6, 6.07) is 3.29. The van der Waals surface area contributed by atoms with Gasteiger partial charge in [-0.3, -0.25) is 14.7 Å². The third-order valence-corrected chi connectivity index (χ3v) is 8.16. The van der Waals surface area contributed by atoms with Crippen molar-refractivity contribution < 1.29 is 19.0 Å². The Labute approximate surface area is 220 Å². The van der Waals surface area contributed by atoms with E-state index in [0.29, 0.717) is 86.1 Å². The number of nitrogens with one attached hydrogen (secondary N) is 2. The van der Waals surface area contributed by atoms with Crippen LogP contribution in [-0.2, 0) is 16.8 Å². The monoisotopic (exact) mass is 526 g/mol. The molecular formula is C27H35FN6O4. The van der Waals surface area contributed by atoms with Crippen molar-refractivity contribution in [2.45, 2.75) is 50.7 Å². The lowest BCUT2D eigenvalue weighted by atomic mass is 9.83. The summed E-state index contributed by atoms with van der Waals surface area (Å²) >= 11 is 0. The van der Waals surface area contributed by atoms with E-state index in [-0.39, 0.29) is 5.56 Å². The number of aromatic nitrogens is 2. The van der Waals surface area contributed by atoms with Crippen LogP contribution in [0, 0.1) is 5.82 Å². The second kappa shape index (κ2) is 9.23. The summed E-state index contributed by atoms with van der Waals surface area (Å²) in [6.45, 7) is 8.77. The van der Waals surface area contributed by atoms with Gasteiger partial charge in [-0.25, -0.2) is 9.18 Å². The molecule has 38 heavy (non-hydrogen) atoms. The van der Waals surface area contributed by atoms with E-state index >= 15 is 4.39 Å². The minimum Gasteiger partial charge on any atom is -0.450 e. The lowest BCUT2D eigenvalue weighted by Gasteiger charge is -2.39. The quantitative estimate of drug-likeness (QED) is 0.514. The number of hydrogen-bond donors (Lipinski definition) is 3. The van der Waals surface area contributed by atoms with Crippen LogP contribution in [0.4, 0.5) is 21.8 Å². The number of halogens is 1. The van der Waals surface area contributed by atoms with E-state index in [4.69, 9.17) is 4.74 Å². The van der Waals surface area contributed by atoms with Gasteiger partial charge in [0.25, 0.3) is 5.56 Å². The van der Waals surface area contributed by atoms with Gasteiger partial charge >= 0.3 is 5.97 Å². The molecule has 1 spiro atoms. The number of piperazine rings is 1. The van der Waals surface area contributed by atoms with Gasteiger partial charge in [0.15, 0.2) is 0 Å². The predicted molar refractivity (Wildman–Crippen MR) is 142 cm³/mol. The summed E-state index contributed by atoms with van der Waals surface area (Å²) in [5.74, 6) is 0.217. The molecule has 1 aromatic heterocycles. The number of H-pyrrole nitrogens is 1. The fourth-order valence-corrected chi connectivity index (χ4v) is 6.31. The average molecular weight is 527 g/mol. The third kappa shape index (κ3) is 4.51. The van der Waals surface area contributed by atoms with Gasteiger partial charge in [0.1, 0.15) is 17.2 Å². The van der Waals surface area contributed by atoms with Gasteiger partial charge in [-0.1, -0.05) is 0 Å². The number of carbonyl (C=O) groups excluding carboxylic acids is 1. The largest absolute Gasteiger partial charge is 0.450 e. The minimum atomic E-state index is -1.01. The number of aliphatic hydroxyl groups is 1. The molecule has 2 saturated heterocycles. The maximum absolute atomic E-state index is 15.7. The van der Waals surface area contributed by atoms with Crippen molar-refractivity contribution in [3.05, 3.63) is 45.0 Å². The van der Waals surface area contributed by atoms with Crippen molar-refractivity contribution >= 4 is 23.4 Å². The molecule has 0 radical (unpaired) electrons. The van der Waals surface area contributed by atoms with Crippen molar-refractivity contribution in [1.29, 1.82) is 0 Å². The maximum Gasteiger partial charge on any atom is 0.339 e. The first-order valence-corrected chi connectivity index (χ1v) is 13.5. The highest BCUT2D eigenvalue weighted by molar-refractivity contribution is 5.96.